The van der Waals surface area contributed by atoms with E-state index in [4.69, 9.17) is 29.9 Å². The molecule has 1 saturated heterocycles. The van der Waals surface area contributed by atoms with E-state index in [1.165, 1.54) is 19.2 Å². The maximum absolute atomic E-state index is 12.2. The first-order chi connectivity index (χ1) is 11.4. The third kappa shape index (κ3) is 5.38. The fraction of sp³-hybridized carbons (Fsp3) is 0.533. The van der Waals surface area contributed by atoms with Crippen LogP contribution in [0.4, 0.5) is 0 Å². The Balaban J connectivity index is 1.94. The van der Waals surface area contributed by atoms with Crippen LogP contribution < -0.4 is 9.26 Å². The number of carbonyl (C=O) groups excluding carboxylic acids is 1. The number of benzene rings is 1. The summed E-state index contributed by atoms with van der Waals surface area (Å²) < 4.78 is 27.3. The Morgan fingerprint density at radius 3 is 2.62 bits per heavy atom. The van der Waals surface area contributed by atoms with E-state index in [1.807, 2.05) is 6.92 Å². The van der Waals surface area contributed by atoms with Gasteiger partial charge in [0.1, 0.15) is 17.5 Å². The third-order valence-corrected chi connectivity index (χ3v) is 4.65. The molecule has 0 amide bonds. The second kappa shape index (κ2) is 8.72. The molecular weight excluding hydrogens is 357 g/mol. The van der Waals surface area contributed by atoms with Crippen LogP contribution in [0.3, 0.4) is 0 Å². The average Bonchev–Trinajstić information content (AvgIpc) is 3.01. The predicted molar refractivity (Wildman–Crippen MR) is 89.1 cm³/mol. The molecule has 1 aliphatic rings. The van der Waals surface area contributed by atoms with E-state index in [9.17, 15) is 9.36 Å². The van der Waals surface area contributed by atoms with Crippen LogP contribution in [0.2, 0.25) is 0 Å². The lowest BCUT2D eigenvalue weighted by Crippen LogP contribution is -2.37. The first kappa shape index (κ1) is 19.1. The van der Waals surface area contributed by atoms with Gasteiger partial charge in [0.15, 0.2) is 0 Å². The molecule has 1 unspecified atom stereocenters. The zero-order valence-electron chi connectivity index (χ0n) is 13.6. The van der Waals surface area contributed by atoms with Crippen molar-refractivity contribution in [2.24, 2.45) is 0 Å². The predicted octanol–water partition coefficient (Wildman–Crippen LogP) is 3.77. The summed E-state index contributed by atoms with van der Waals surface area (Å²) in [6.07, 6.45) is 2.17. The van der Waals surface area contributed by atoms with E-state index in [1.54, 1.807) is 17.2 Å². The Labute approximate surface area is 146 Å². The summed E-state index contributed by atoms with van der Waals surface area (Å²) in [7, 11) is 1.53. The minimum atomic E-state index is -4.10. The van der Waals surface area contributed by atoms with Gasteiger partial charge in [-0.1, -0.05) is 6.92 Å². The smallest absolute Gasteiger partial charge is 0.497 e. The van der Waals surface area contributed by atoms with E-state index in [0.717, 1.165) is 12.8 Å². The van der Waals surface area contributed by atoms with E-state index in [2.05, 4.69) is 0 Å². The highest BCUT2D eigenvalue weighted by Gasteiger charge is 2.38. The summed E-state index contributed by atoms with van der Waals surface area (Å²) >= 11 is 5.77. The fourth-order valence-electron chi connectivity index (χ4n) is 2.29. The molecule has 0 aliphatic carbocycles. The maximum Gasteiger partial charge on any atom is 0.532 e. The van der Waals surface area contributed by atoms with Crippen LogP contribution in [-0.2, 0) is 18.7 Å². The van der Waals surface area contributed by atoms with Crippen molar-refractivity contribution in [3.8, 4) is 11.5 Å². The summed E-state index contributed by atoms with van der Waals surface area (Å²) in [6.45, 7) is -1.01. The largest absolute Gasteiger partial charge is 0.532 e. The molecule has 9 heteroatoms. The van der Waals surface area contributed by atoms with E-state index in [0.29, 0.717) is 25.3 Å². The second-order valence-electron chi connectivity index (χ2n) is 5.24. The molecule has 2 rings (SSSR count). The summed E-state index contributed by atoms with van der Waals surface area (Å²) in [6, 6.07) is 5.65. The summed E-state index contributed by atoms with van der Waals surface area (Å²) in [5.74, 6) is 0.112. The van der Waals surface area contributed by atoms with Crippen molar-refractivity contribution in [1.82, 2.24) is 5.06 Å². The highest BCUT2D eigenvalue weighted by molar-refractivity contribution is 7.82. The van der Waals surface area contributed by atoms with Crippen LogP contribution in [0.5, 0.6) is 11.5 Å². The molecule has 1 aromatic rings. The molecule has 0 N–H and O–H groups in total. The number of hydrogen-bond donors (Lipinski definition) is 0. The standard InChI is InChI=1S/C15H21ClNO6P/c1-3-11-21-17-10-4-5-14(17)15(18)23-24(16,19)22-13-8-6-12(20-2)7-9-13/h6-9,14H,3-5,10-11H2,1-2H3/t14-,24?/m0/s1. The number of nitrogens with zero attached hydrogens (tertiary/aromatic N) is 1. The van der Waals surface area contributed by atoms with Crippen LogP contribution in [0, 0.1) is 0 Å². The van der Waals surface area contributed by atoms with Crippen LogP contribution >= 0.6 is 18.2 Å². The lowest BCUT2D eigenvalue weighted by molar-refractivity contribution is -0.184. The highest BCUT2D eigenvalue weighted by atomic mass is 35.7. The second-order valence-corrected chi connectivity index (χ2v) is 7.71. The van der Waals surface area contributed by atoms with Crippen molar-refractivity contribution < 1.29 is 28.0 Å². The molecule has 2 atom stereocenters. The monoisotopic (exact) mass is 377 g/mol. The number of rotatable bonds is 8. The molecule has 134 valence electrons. The molecule has 0 saturated carbocycles. The molecule has 0 bridgehead atoms. The van der Waals surface area contributed by atoms with Crippen molar-refractivity contribution in [3.63, 3.8) is 0 Å². The normalized spacial score (nSPS) is 20.4. The molecule has 1 fully saturated rings. The van der Waals surface area contributed by atoms with Crippen molar-refractivity contribution in [1.29, 1.82) is 0 Å². The quantitative estimate of drug-likeness (QED) is 0.638. The molecule has 0 radical (unpaired) electrons. The van der Waals surface area contributed by atoms with Gasteiger partial charge in [-0.25, -0.2) is 9.36 Å². The van der Waals surface area contributed by atoms with E-state index < -0.39 is 19.0 Å². The number of hydrogen-bond acceptors (Lipinski definition) is 7. The zero-order valence-corrected chi connectivity index (χ0v) is 15.3. The number of carbonyl (C=O) groups is 1. The maximum atomic E-state index is 12.2. The number of hydroxylamine groups is 2. The Morgan fingerprint density at radius 2 is 2.00 bits per heavy atom. The average molecular weight is 378 g/mol. The molecular formula is C15H21ClNO6P. The van der Waals surface area contributed by atoms with Crippen molar-refractivity contribution in [2.75, 3.05) is 20.3 Å². The van der Waals surface area contributed by atoms with E-state index in [-0.39, 0.29) is 5.75 Å². The van der Waals surface area contributed by atoms with Crippen LogP contribution in [0.25, 0.3) is 0 Å². The van der Waals surface area contributed by atoms with Crippen LogP contribution in [-0.4, -0.2) is 37.3 Å². The minimum Gasteiger partial charge on any atom is -0.497 e. The summed E-state index contributed by atoms with van der Waals surface area (Å²) in [4.78, 5) is 17.7. The topological polar surface area (TPSA) is 74.3 Å². The molecule has 1 heterocycles. The van der Waals surface area contributed by atoms with Gasteiger partial charge in [-0.15, -0.1) is 0 Å². The van der Waals surface area contributed by atoms with Crippen molar-refractivity contribution in [3.05, 3.63) is 24.3 Å². The third-order valence-electron chi connectivity index (χ3n) is 3.41. The van der Waals surface area contributed by atoms with Crippen LogP contribution in [0.15, 0.2) is 24.3 Å². The SMILES string of the molecule is CCCON1CCC[C@H]1C(=O)OP(=O)(Cl)Oc1ccc(OC)cc1. The zero-order chi connectivity index (χ0) is 17.6. The molecule has 24 heavy (non-hydrogen) atoms. The van der Waals surface area contributed by atoms with Gasteiger partial charge < -0.3 is 13.8 Å². The minimum absolute atomic E-state index is 0.215. The molecule has 7 nitrogen and oxygen atoms in total. The first-order valence-electron chi connectivity index (χ1n) is 7.71. The number of halogens is 1. The van der Waals surface area contributed by atoms with Crippen molar-refractivity contribution >= 4 is 24.2 Å². The van der Waals surface area contributed by atoms with Gasteiger partial charge in [0.2, 0.25) is 0 Å². The van der Waals surface area contributed by atoms with Gasteiger partial charge in [0.05, 0.1) is 13.7 Å². The molecule has 0 spiro atoms. The highest BCUT2D eigenvalue weighted by Crippen LogP contribution is 2.54. The number of ether oxygens (including phenoxy) is 1. The Morgan fingerprint density at radius 1 is 1.33 bits per heavy atom. The summed E-state index contributed by atoms with van der Waals surface area (Å²) in [5.41, 5.74) is 0. The molecule has 1 aliphatic heterocycles. The van der Waals surface area contributed by atoms with Gasteiger partial charge >= 0.3 is 12.9 Å². The van der Waals surface area contributed by atoms with Gasteiger partial charge in [-0.05, 0) is 43.5 Å². The molecule has 0 aromatic heterocycles. The fourth-order valence-corrected chi connectivity index (χ4v) is 3.48. The van der Waals surface area contributed by atoms with Crippen LogP contribution in [0.1, 0.15) is 26.2 Å². The van der Waals surface area contributed by atoms with E-state index >= 15 is 0 Å². The Kier molecular flexibility index (Phi) is 6.92. The lowest BCUT2D eigenvalue weighted by Gasteiger charge is -2.22. The van der Waals surface area contributed by atoms with Gasteiger partial charge in [-0.2, -0.15) is 5.06 Å². The lowest BCUT2D eigenvalue weighted by atomic mass is 10.2. The van der Waals surface area contributed by atoms with Gasteiger partial charge in [0.25, 0.3) is 0 Å². The molecule has 1 aromatic carbocycles. The Bertz CT molecular complexity index is 596. The number of methoxy groups -OCH3 is 1. The Hall–Kier alpha value is -1.27. The van der Waals surface area contributed by atoms with Gasteiger partial charge in [0, 0.05) is 17.8 Å². The first-order valence-corrected chi connectivity index (χ1v) is 10.2. The van der Waals surface area contributed by atoms with Crippen molar-refractivity contribution in [2.45, 2.75) is 32.2 Å². The summed E-state index contributed by atoms with van der Waals surface area (Å²) in [5, 5.41) is 1.55. The van der Waals surface area contributed by atoms with Gasteiger partial charge in [-0.3, -0.25) is 4.84 Å².